The van der Waals surface area contributed by atoms with E-state index < -0.39 is 0 Å². The number of rotatable bonds is 2. The highest BCUT2D eigenvalue weighted by Gasteiger charge is 2.19. The molecule has 2 heterocycles. The first-order chi connectivity index (χ1) is 7.05. The Morgan fingerprint density at radius 2 is 2.33 bits per heavy atom. The van der Waals surface area contributed by atoms with Crippen LogP contribution < -0.4 is 5.32 Å². The topological polar surface area (TPSA) is 42.7 Å². The maximum absolute atomic E-state index is 4.21. The van der Waals surface area contributed by atoms with Gasteiger partial charge in [0.05, 0.1) is 12.2 Å². The number of hydrogen-bond donors (Lipinski definition) is 1. The Labute approximate surface area is 91.1 Å². The minimum atomic E-state index is 0.0986. The lowest BCUT2D eigenvalue weighted by atomic mass is 9.93. The van der Waals surface area contributed by atoms with Crippen LogP contribution in [0.1, 0.15) is 39.3 Å². The average Bonchev–Trinajstić information content (AvgIpc) is 2.73. The molecule has 1 saturated heterocycles. The van der Waals surface area contributed by atoms with Crippen molar-refractivity contribution in [2.45, 2.75) is 51.6 Å². The Morgan fingerprint density at radius 1 is 1.53 bits per heavy atom. The number of nitrogens with one attached hydrogen (secondary N) is 1. The van der Waals surface area contributed by atoms with E-state index in [0.717, 1.165) is 18.8 Å². The molecule has 0 aromatic carbocycles. The lowest BCUT2D eigenvalue weighted by Gasteiger charge is -2.13. The second-order valence-electron chi connectivity index (χ2n) is 5.37. The first-order valence-corrected chi connectivity index (χ1v) is 5.70. The van der Waals surface area contributed by atoms with E-state index in [1.54, 1.807) is 0 Å². The molecule has 0 spiro atoms. The van der Waals surface area contributed by atoms with Crippen LogP contribution in [0.2, 0.25) is 0 Å². The van der Waals surface area contributed by atoms with Gasteiger partial charge in [0.1, 0.15) is 0 Å². The molecule has 1 aromatic rings. The first-order valence-electron chi connectivity index (χ1n) is 5.70. The molecular weight excluding hydrogens is 188 g/mol. The Hall–Kier alpha value is -0.900. The number of nitrogens with zero attached hydrogens (tertiary/aromatic N) is 3. The van der Waals surface area contributed by atoms with Gasteiger partial charge in [-0.25, -0.2) is 0 Å². The van der Waals surface area contributed by atoms with E-state index in [1.807, 2.05) is 4.68 Å². The lowest BCUT2D eigenvalue weighted by molar-refractivity contribution is 0.466. The smallest absolute Gasteiger partial charge is 0.0880 e. The highest BCUT2D eigenvalue weighted by Crippen LogP contribution is 2.19. The molecule has 0 saturated carbocycles. The summed E-state index contributed by atoms with van der Waals surface area (Å²) in [6.45, 7) is 8.58. The molecule has 0 aliphatic carbocycles. The third-order valence-corrected chi connectivity index (χ3v) is 2.88. The first kappa shape index (κ1) is 10.6. The zero-order chi connectivity index (χ0) is 10.9. The van der Waals surface area contributed by atoms with Crippen LogP contribution in [0.4, 0.5) is 0 Å². The highest BCUT2D eigenvalue weighted by molar-refractivity contribution is 5.06. The summed E-state index contributed by atoms with van der Waals surface area (Å²) in [6.07, 6.45) is 4.61. The fourth-order valence-corrected chi connectivity index (χ4v) is 1.87. The van der Waals surface area contributed by atoms with E-state index in [2.05, 4.69) is 42.6 Å². The maximum atomic E-state index is 4.21. The lowest BCUT2D eigenvalue weighted by Crippen LogP contribution is -2.27. The minimum absolute atomic E-state index is 0.0986. The summed E-state index contributed by atoms with van der Waals surface area (Å²) < 4.78 is 1.96. The summed E-state index contributed by atoms with van der Waals surface area (Å²) in [5.41, 5.74) is 1.17. The normalized spacial score (nSPS) is 22.2. The quantitative estimate of drug-likeness (QED) is 0.797. The van der Waals surface area contributed by atoms with Gasteiger partial charge in [0, 0.05) is 17.7 Å². The molecule has 0 bridgehead atoms. The number of aromatic nitrogens is 3. The molecule has 4 nitrogen and oxygen atoms in total. The average molecular weight is 208 g/mol. The molecule has 0 amide bonds. The minimum Gasteiger partial charge on any atom is -0.312 e. The van der Waals surface area contributed by atoms with E-state index in [9.17, 15) is 0 Å². The van der Waals surface area contributed by atoms with Gasteiger partial charge in [0.15, 0.2) is 0 Å². The zero-order valence-electron chi connectivity index (χ0n) is 9.82. The van der Waals surface area contributed by atoms with Gasteiger partial charge in [-0.3, -0.25) is 4.68 Å². The second-order valence-corrected chi connectivity index (χ2v) is 5.37. The zero-order valence-corrected chi connectivity index (χ0v) is 9.82. The van der Waals surface area contributed by atoms with E-state index in [0.29, 0.717) is 6.04 Å². The Balaban J connectivity index is 2.00. The molecule has 1 aromatic heterocycles. The summed E-state index contributed by atoms with van der Waals surface area (Å²) in [5.74, 6) is 0. The van der Waals surface area contributed by atoms with Crippen molar-refractivity contribution in [1.82, 2.24) is 20.3 Å². The van der Waals surface area contributed by atoms with Crippen LogP contribution in [0.5, 0.6) is 0 Å². The van der Waals surface area contributed by atoms with Crippen molar-refractivity contribution < 1.29 is 0 Å². The molecule has 15 heavy (non-hydrogen) atoms. The van der Waals surface area contributed by atoms with Gasteiger partial charge in [0.25, 0.3) is 0 Å². The third-order valence-electron chi connectivity index (χ3n) is 2.88. The predicted octanol–water partition coefficient (Wildman–Crippen LogP) is 1.33. The van der Waals surface area contributed by atoms with Gasteiger partial charge in [-0.1, -0.05) is 26.0 Å². The van der Waals surface area contributed by atoms with Gasteiger partial charge < -0.3 is 5.32 Å². The summed E-state index contributed by atoms with van der Waals surface area (Å²) >= 11 is 0. The van der Waals surface area contributed by atoms with E-state index in [1.165, 1.54) is 12.8 Å². The molecule has 1 aliphatic heterocycles. The molecule has 1 N–H and O–H groups in total. The van der Waals surface area contributed by atoms with Crippen LogP contribution in [-0.2, 0) is 12.0 Å². The largest absolute Gasteiger partial charge is 0.312 e. The standard InChI is InChI=1S/C11H20N4/c1-11(2,3)10-8-15(14-13-10)7-9-5-4-6-12-9/h8-9,12H,4-7H2,1-3H3. The Bertz CT molecular complexity index is 318. The van der Waals surface area contributed by atoms with Crippen LogP contribution in [0.3, 0.4) is 0 Å². The third kappa shape index (κ3) is 2.56. The summed E-state index contributed by atoms with van der Waals surface area (Å²) in [5, 5.41) is 11.9. The maximum Gasteiger partial charge on any atom is 0.0880 e. The van der Waals surface area contributed by atoms with Crippen molar-refractivity contribution in [2.75, 3.05) is 6.54 Å². The van der Waals surface area contributed by atoms with Crippen molar-refractivity contribution in [3.05, 3.63) is 11.9 Å². The predicted molar refractivity (Wildman–Crippen MR) is 59.7 cm³/mol. The Kier molecular flexibility index (Phi) is 2.78. The summed E-state index contributed by atoms with van der Waals surface area (Å²) in [6, 6.07) is 0.583. The van der Waals surface area contributed by atoms with Crippen LogP contribution >= 0.6 is 0 Å². The molecule has 0 radical (unpaired) electrons. The molecule has 2 rings (SSSR count). The van der Waals surface area contributed by atoms with Crippen LogP contribution in [0.25, 0.3) is 0 Å². The molecule has 84 valence electrons. The molecule has 1 atom stereocenters. The van der Waals surface area contributed by atoms with Crippen molar-refractivity contribution in [2.24, 2.45) is 0 Å². The highest BCUT2D eigenvalue weighted by atomic mass is 15.4. The summed E-state index contributed by atoms with van der Waals surface area (Å²) in [7, 11) is 0. The van der Waals surface area contributed by atoms with Gasteiger partial charge in [0.2, 0.25) is 0 Å². The van der Waals surface area contributed by atoms with Gasteiger partial charge >= 0.3 is 0 Å². The monoisotopic (exact) mass is 208 g/mol. The van der Waals surface area contributed by atoms with Gasteiger partial charge in [-0.2, -0.15) is 0 Å². The fraction of sp³-hybridized carbons (Fsp3) is 0.818. The van der Waals surface area contributed by atoms with Crippen molar-refractivity contribution >= 4 is 0 Å². The SMILES string of the molecule is CC(C)(C)c1cn(CC2CCCN2)nn1. The molecule has 4 heteroatoms. The van der Waals surface area contributed by atoms with Crippen molar-refractivity contribution in [3.63, 3.8) is 0 Å². The number of hydrogen-bond acceptors (Lipinski definition) is 3. The van der Waals surface area contributed by atoms with E-state index >= 15 is 0 Å². The fourth-order valence-electron chi connectivity index (χ4n) is 1.87. The second kappa shape index (κ2) is 3.93. The molecule has 1 unspecified atom stereocenters. The van der Waals surface area contributed by atoms with E-state index in [-0.39, 0.29) is 5.41 Å². The molecule has 1 fully saturated rings. The van der Waals surface area contributed by atoms with Gasteiger partial charge in [-0.15, -0.1) is 5.10 Å². The van der Waals surface area contributed by atoms with Gasteiger partial charge in [-0.05, 0) is 19.4 Å². The van der Waals surface area contributed by atoms with Crippen molar-refractivity contribution in [1.29, 1.82) is 0 Å². The Morgan fingerprint density at radius 3 is 2.87 bits per heavy atom. The molecule has 1 aliphatic rings. The van der Waals surface area contributed by atoms with E-state index in [4.69, 9.17) is 0 Å². The van der Waals surface area contributed by atoms with Crippen LogP contribution in [-0.4, -0.2) is 27.6 Å². The summed E-state index contributed by atoms with van der Waals surface area (Å²) in [4.78, 5) is 0. The van der Waals surface area contributed by atoms with Crippen LogP contribution in [0, 0.1) is 0 Å². The van der Waals surface area contributed by atoms with Crippen LogP contribution in [0.15, 0.2) is 6.20 Å². The molecular formula is C11H20N4. The van der Waals surface area contributed by atoms with Crippen molar-refractivity contribution in [3.8, 4) is 0 Å².